The van der Waals surface area contributed by atoms with Gasteiger partial charge >= 0.3 is 0 Å². The van der Waals surface area contributed by atoms with Gasteiger partial charge in [0.25, 0.3) is 0 Å². The van der Waals surface area contributed by atoms with Gasteiger partial charge in [0.15, 0.2) is 0 Å². The van der Waals surface area contributed by atoms with E-state index in [1.165, 1.54) is 24.1 Å². The highest BCUT2D eigenvalue weighted by molar-refractivity contribution is 5.28. The standard InChI is InChI=1S/C19H26N4O2/c1-22-18-16(8-21-22)10-23(9-15-4-3-7-20-19(15)24-2)11-17(18)13-25-12-14-5-6-14/h3-4,7-8,14,17H,5-6,9-13H2,1-2H3. The topological polar surface area (TPSA) is 52.4 Å². The molecule has 2 aromatic heterocycles. The van der Waals surface area contributed by atoms with E-state index in [-0.39, 0.29) is 0 Å². The van der Waals surface area contributed by atoms with Crippen LogP contribution in [0.4, 0.5) is 0 Å². The molecular weight excluding hydrogens is 316 g/mol. The third-order valence-electron chi connectivity index (χ3n) is 5.13. The fourth-order valence-corrected chi connectivity index (χ4v) is 3.73. The molecule has 6 heteroatoms. The summed E-state index contributed by atoms with van der Waals surface area (Å²) in [5.74, 6) is 1.86. The minimum absolute atomic E-state index is 0.359. The Bertz CT molecular complexity index is 726. The Balaban J connectivity index is 1.48. The first-order valence-corrected chi connectivity index (χ1v) is 9.03. The Hall–Kier alpha value is -1.92. The second-order valence-electron chi connectivity index (χ2n) is 7.20. The number of ether oxygens (including phenoxy) is 2. The highest BCUT2D eigenvalue weighted by Crippen LogP contribution is 2.32. The van der Waals surface area contributed by atoms with Crippen molar-refractivity contribution in [2.24, 2.45) is 13.0 Å². The lowest BCUT2D eigenvalue weighted by atomic mass is 9.96. The van der Waals surface area contributed by atoms with Gasteiger partial charge in [0.1, 0.15) is 0 Å². The first kappa shape index (κ1) is 16.5. The second-order valence-corrected chi connectivity index (χ2v) is 7.20. The number of hydrogen-bond acceptors (Lipinski definition) is 5. The summed E-state index contributed by atoms with van der Waals surface area (Å²) in [6, 6.07) is 4.05. The highest BCUT2D eigenvalue weighted by atomic mass is 16.5. The summed E-state index contributed by atoms with van der Waals surface area (Å²) in [5, 5.41) is 4.48. The summed E-state index contributed by atoms with van der Waals surface area (Å²) in [6.45, 7) is 4.36. The van der Waals surface area contributed by atoms with Crippen LogP contribution in [0.3, 0.4) is 0 Å². The summed E-state index contributed by atoms with van der Waals surface area (Å²) in [4.78, 5) is 6.76. The average molecular weight is 342 g/mol. The quantitative estimate of drug-likeness (QED) is 0.773. The zero-order chi connectivity index (χ0) is 17.2. The monoisotopic (exact) mass is 342 g/mol. The summed E-state index contributed by atoms with van der Waals surface area (Å²) in [7, 11) is 3.71. The summed E-state index contributed by atoms with van der Waals surface area (Å²) < 4.78 is 13.4. The Kier molecular flexibility index (Phi) is 4.72. The van der Waals surface area contributed by atoms with Gasteiger partial charge < -0.3 is 9.47 Å². The molecule has 4 rings (SSSR count). The smallest absolute Gasteiger partial charge is 0.217 e. The van der Waals surface area contributed by atoms with E-state index in [0.717, 1.165) is 44.3 Å². The van der Waals surface area contributed by atoms with Crippen molar-refractivity contribution in [2.75, 3.05) is 26.9 Å². The fraction of sp³-hybridized carbons (Fsp3) is 0.579. The van der Waals surface area contributed by atoms with E-state index >= 15 is 0 Å². The normalized spacial score (nSPS) is 20.5. The maximum absolute atomic E-state index is 6.02. The summed E-state index contributed by atoms with van der Waals surface area (Å²) in [5.41, 5.74) is 3.75. The molecule has 6 nitrogen and oxygen atoms in total. The molecule has 1 saturated carbocycles. The first-order valence-electron chi connectivity index (χ1n) is 9.03. The van der Waals surface area contributed by atoms with Crippen LogP contribution in [0.15, 0.2) is 24.5 Å². The van der Waals surface area contributed by atoms with E-state index in [4.69, 9.17) is 9.47 Å². The third-order valence-corrected chi connectivity index (χ3v) is 5.13. The first-order chi connectivity index (χ1) is 12.2. The molecule has 0 aromatic carbocycles. The van der Waals surface area contributed by atoms with Crippen molar-refractivity contribution < 1.29 is 9.47 Å². The minimum atomic E-state index is 0.359. The minimum Gasteiger partial charge on any atom is -0.481 e. The van der Waals surface area contributed by atoms with Crippen molar-refractivity contribution in [3.63, 3.8) is 0 Å². The van der Waals surface area contributed by atoms with Crippen LogP contribution in [-0.2, 0) is 24.9 Å². The molecule has 1 aliphatic carbocycles. The van der Waals surface area contributed by atoms with Gasteiger partial charge in [-0.05, 0) is 24.8 Å². The predicted octanol–water partition coefficient (Wildman–Crippen LogP) is 2.35. The molecule has 0 bridgehead atoms. The Morgan fingerprint density at radius 1 is 1.28 bits per heavy atom. The van der Waals surface area contributed by atoms with Crippen molar-refractivity contribution in [2.45, 2.75) is 31.8 Å². The SMILES string of the molecule is COc1ncccc1CN1Cc2cnn(C)c2C(COCC2CC2)C1. The number of aromatic nitrogens is 3. The maximum Gasteiger partial charge on any atom is 0.217 e. The molecule has 3 heterocycles. The van der Waals surface area contributed by atoms with E-state index in [0.29, 0.717) is 11.8 Å². The Morgan fingerprint density at radius 2 is 2.16 bits per heavy atom. The molecule has 134 valence electrons. The average Bonchev–Trinajstić information content (AvgIpc) is 3.37. The highest BCUT2D eigenvalue weighted by Gasteiger charge is 2.30. The number of rotatable bonds is 7. The van der Waals surface area contributed by atoms with Gasteiger partial charge in [-0.15, -0.1) is 0 Å². The van der Waals surface area contributed by atoms with Crippen LogP contribution in [0.25, 0.3) is 0 Å². The molecule has 0 amide bonds. The molecule has 1 aliphatic heterocycles. The molecule has 1 fully saturated rings. The zero-order valence-electron chi connectivity index (χ0n) is 15.0. The van der Waals surface area contributed by atoms with E-state index in [2.05, 4.69) is 21.0 Å². The molecule has 0 radical (unpaired) electrons. The largest absolute Gasteiger partial charge is 0.481 e. The number of methoxy groups -OCH3 is 1. The van der Waals surface area contributed by atoms with E-state index in [1.807, 2.05) is 24.0 Å². The van der Waals surface area contributed by atoms with Gasteiger partial charge in [-0.1, -0.05) is 6.07 Å². The number of aryl methyl sites for hydroxylation is 1. The zero-order valence-corrected chi connectivity index (χ0v) is 15.0. The van der Waals surface area contributed by atoms with Crippen molar-refractivity contribution in [1.82, 2.24) is 19.7 Å². The van der Waals surface area contributed by atoms with Crippen LogP contribution in [-0.4, -0.2) is 46.5 Å². The predicted molar refractivity (Wildman–Crippen MR) is 94.4 cm³/mol. The van der Waals surface area contributed by atoms with Crippen LogP contribution >= 0.6 is 0 Å². The van der Waals surface area contributed by atoms with Crippen LogP contribution in [0, 0.1) is 5.92 Å². The van der Waals surface area contributed by atoms with Gasteiger partial charge in [0.2, 0.25) is 5.88 Å². The van der Waals surface area contributed by atoms with Crippen molar-refractivity contribution in [3.8, 4) is 5.88 Å². The molecular formula is C19H26N4O2. The molecule has 0 N–H and O–H groups in total. The van der Waals surface area contributed by atoms with E-state index in [9.17, 15) is 0 Å². The summed E-state index contributed by atoms with van der Waals surface area (Å²) >= 11 is 0. The molecule has 2 aromatic rings. The molecule has 0 spiro atoms. The second kappa shape index (κ2) is 7.14. The number of pyridine rings is 1. The lowest BCUT2D eigenvalue weighted by Crippen LogP contribution is -2.36. The molecule has 25 heavy (non-hydrogen) atoms. The van der Waals surface area contributed by atoms with E-state index < -0.39 is 0 Å². The van der Waals surface area contributed by atoms with Crippen molar-refractivity contribution >= 4 is 0 Å². The molecule has 0 saturated heterocycles. The number of nitrogens with zero attached hydrogens (tertiary/aromatic N) is 4. The Morgan fingerprint density at radius 3 is 2.96 bits per heavy atom. The molecule has 1 unspecified atom stereocenters. The van der Waals surface area contributed by atoms with Crippen LogP contribution < -0.4 is 4.74 Å². The molecule has 2 aliphatic rings. The fourth-order valence-electron chi connectivity index (χ4n) is 3.73. The molecule has 1 atom stereocenters. The third kappa shape index (κ3) is 3.70. The van der Waals surface area contributed by atoms with Crippen molar-refractivity contribution in [1.29, 1.82) is 0 Å². The lowest BCUT2D eigenvalue weighted by molar-refractivity contribution is 0.0867. The maximum atomic E-state index is 6.02. The van der Waals surface area contributed by atoms with E-state index in [1.54, 1.807) is 13.3 Å². The van der Waals surface area contributed by atoms with Crippen LogP contribution in [0.5, 0.6) is 5.88 Å². The van der Waals surface area contributed by atoms with Crippen LogP contribution in [0.2, 0.25) is 0 Å². The van der Waals surface area contributed by atoms with Crippen molar-refractivity contribution in [3.05, 3.63) is 41.3 Å². The summed E-state index contributed by atoms with van der Waals surface area (Å²) in [6.07, 6.45) is 6.42. The number of hydrogen-bond donors (Lipinski definition) is 0. The Labute approximate surface area is 148 Å². The van der Waals surface area contributed by atoms with Gasteiger partial charge in [0, 0.05) is 62.2 Å². The van der Waals surface area contributed by atoms with Gasteiger partial charge in [-0.3, -0.25) is 9.58 Å². The van der Waals surface area contributed by atoms with Crippen LogP contribution in [0.1, 0.15) is 35.6 Å². The van der Waals surface area contributed by atoms with Gasteiger partial charge in [-0.2, -0.15) is 5.10 Å². The van der Waals surface area contributed by atoms with Gasteiger partial charge in [-0.25, -0.2) is 4.98 Å². The number of fused-ring (bicyclic) bond motifs is 1. The van der Waals surface area contributed by atoms with Gasteiger partial charge in [0.05, 0.1) is 19.9 Å². The lowest BCUT2D eigenvalue weighted by Gasteiger charge is -2.33.